The first-order valence-electron chi connectivity index (χ1n) is 7.67. The second-order valence-electron chi connectivity index (χ2n) is 5.49. The van der Waals surface area contributed by atoms with Gasteiger partial charge in [-0.25, -0.2) is 8.42 Å². The van der Waals surface area contributed by atoms with E-state index in [1.165, 1.54) is 12.1 Å². The third-order valence-electron chi connectivity index (χ3n) is 3.51. The molecule has 1 heterocycles. The van der Waals surface area contributed by atoms with Crippen LogP contribution in [0.5, 0.6) is 5.75 Å². The first-order valence-corrected chi connectivity index (χ1v) is 9.15. The van der Waals surface area contributed by atoms with E-state index in [4.69, 9.17) is 0 Å². The van der Waals surface area contributed by atoms with Crippen LogP contribution in [0.1, 0.15) is 10.4 Å². The average molecular weight is 411 g/mol. The predicted octanol–water partition coefficient (Wildman–Crippen LogP) is 2.76. The number of fused-ring (bicyclic) bond motifs is 1. The van der Waals surface area contributed by atoms with Crippen LogP contribution in [0, 0.1) is 0 Å². The van der Waals surface area contributed by atoms with Gasteiger partial charge in [-0.15, -0.1) is 18.0 Å². The Kier molecular flexibility index (Phi) is 5.21. The van der Waals surface area contributed by atoms with Gasteiger partial charge in [0, 0.05) is 23.2 Å². The number of hydrazine groups is 1. The van der Waals surface area contributed by atoms with Gasteiger partial charge in [0.05, 0.1) is 10.4 Å². The zero-order valence-corrected chi connectivity index (χ0v) is 14.7. The average Bonchev–Trinajstić information content (AvgIpc) is 2.64. The maximum Gasteiger partial charge on any atom is 0.573 e. The van der Waals surface area contributed by atoms with Crippen molar-refractivity contribution in [3.63, 3.8) is 0 Å². The van der Waals surface area contributed by atoms with Crippen molar-refractivity contribution in [2.75, 3.05) is 0 Å². The van der Waals surface area contributed by atoms with E-state index in [-0.39, 0.29) is 5.56 Å². The minimum Gasteiger partial charge on any atom is -0.406 e. The van der Waals surface area contributed by atoms with Crippen molar-refractivity contribution in [1.29, 1.82) is 0 Å². The Labute approximate surface area is 157 Å². The van der Waals surface area contributed by atoms with Gasteiger partial charge in [0.15, 0.2) is 0 Å². The highest BCUT2D eigenvalue weighted by molar-refractivity contribution is 7.89. The Morgan fingerprint density at radius 2 is 1.82 bits per heavy atom. The molecule has 2 N–H and O–H groups in total. The van der Waals surface area contributed by atoms with Crippen LogP contribution in [0.4, 0.5) is 13.2 Å². The van der Waals surface area contributed by atoms with E-state index in [2.05, 4.69) is 9.72 Å². The molecule has 0 saturated carbocycles. The number of sulfonamides is 1. The SMILES string of the molecule is O=C(NNS(=O)(=O)c1cccc(OC(F)(F)F)c1)c1ccc2ncccc2c1. The Morgan fingerprint density at radius 1 is 1.04 bits per heavy atom. The van der Waals surface area contributed by atoms with Gasteiger partial charge in [0.25, 0.3) is 15.9 Å². The van der Waals surface area contributed by atoms with Crippen LogP contribution in [-0.2, 0) is 10.0 Å². The summed E-state index contributed by atoms with van der Waals surface area (Å²) in [6.45, 7) is 0. The summed E-state index contributed by atoms with van der Waals surface area (Å²) in [7, 11) is -4.33. The molecule has 0 aliphatic rings. The van der Waals surface area contributed by atoms with E-state index in [1.807, 2.05) is 10.3 Å². The Morgan fingerprint density at radius 3 is 2.57 bits per heavy atom. The van der Waals surface area contributed by atoms with Crippen molar-refractivity contribution in [3.8, 4) is 5.75 Å². The fraction of sp³-hybridized carbons (Fsp3) is 0.0588. The molecule has 7 nitrogen and oxygen atoms in total. The molecule has 0 radical (unpaired) electrons. The number of ether oxygens (including phenoxy) is 1. The number of rotatable bonds is 5. The number of carbonyl (C=O) groups excluding carboxylic acids is 1. The highest BCUT2D eigenvalue weighted by Crippen LogP contribution is 2.24. The third kappa shape index (κ3) is 4.75. The zero-order valence-electron chi connectivity index (χ0n) is 13.9. The Balaban J connectivity index is 1.73. The molecule has 1 amide bonds. The van der Waals surface area contributed by atoms with Crippen molar-refractivity contribution >= 4 is 26.8 Å². The molecular formula is C17H12F3N3O4S. The monoisotopic (exact) mass is 411 g/mol. The zero-order chi connectivity index (χ0) is 20.4. The molecule has 3 aromatic rings. The second-order valence-corrected chi connectivity index (χ2v) is 7.18. The van der Waals surface area contributed by atoms with Gasteiger partial charge in [-0.2, -0.15) is 0 Å². The molecule has 11 heteroatoms. The van der Waals surface area contributed by atoms with Gasteiger partial charge in [-0.1, -0.05) is 12.1 Å². The van der Waals surface area contributed by atoms with E-state index in [1.54, 1.807) is 24.4 Å². The number of halogens is 3. The topological polar surface area (TPSA) is 97.4 Å². The lowest BCUT2D eigenvalue weighted by molar-refractivity contribution is -0.274. The highest BCUT2D eigenvalue weighted by atomic mass is 32.2. The standard InChI is InChI=1S/C17H12F3N3O4S/c18-17(19,20)27-13-4-1-5-14(10-13)28(25,26)23-22-16(24)12-6-7-15-11(9-12)3-2-8-21-15/h1-10,23H,(H,22,24). The first-order chi connectivity index (χ1) is 13.1. The van der Waals surface area contributed by atoms with E-state index in [0.29, 0.717) is 17.0 Å². The van der Waals surface area contributed by atoms with Crippen molar-refractivity contribution < 1.29 is 31.1 Å². The number of carbonyl (C=O) groups is 1. The van der Waals surface area contributed by atoms with Crippen LogP contribution in [0.2, 0.25) is 0 Å². The number of hydrogen-bond donors (Lipinski definition) is 2. The predicted molar refractivity (Wildman–Crippen MR) is 92.7 cm³/mol. The molecule has 2 aromatic carbocycles. The summed E-state index contributed by atoms with van der Waals surface area (Å²) in [6, 6.07) is 11.8. The van der Waals surface area contributed by atoms with E-state index < -0.39 is 32.9 Å². The van der Waals surface area contributed by atoms with E-state index in [0.717, 1.165) is 18.2 Å². The van der Waals surface area contributed by atoms with Gasteiger partial charge < -0.3 is 4.74 Å². The molecule has 0 bridgehead atoms. The van der Waals surface area contributed by atoms with Gasteiger partial charge >= 0.3 is 6.36 Å². The normalized spacial score (nSPS) is 12.0. The molecule has 0 aliphatic heterocycles. The lowest BCUT2D eigenvalue weighted by Crippen LogP contribution is -2.41. The highest BCUT2D eigenvalue weighted by Gasteiger charge is 2.31. The molecular weight excluding hydrogens is 399 g/mol. The lowest BCUT2D eigenvalue weighted by atomic mass is 10.1. The molecule has 0 spiro atoms. The Bertz CT molecular complexity index is 1130. The van der Waals surface area contributed by atoms with Gasteiger partial charge in [0.1, 0.15) is 5.75 Å². The molecule has 0 unspecified atom stereocenters. The maximum absolute atomic E-state index is 12.3. The fourth-order valence-electron chi connectivity index (χ4n) is 2.30. The van der Waals surface area contributed by atoms with Crippen molar-refractivity contribution in [2.45, 2.75) is 11.3 Å². The van der Waals surface area contributed by atoms with Crippen molar-refractivity contribution in [3.05, 3.63) is 66.4 Å². The summed E-state index contributed by atoms with van der Waals surface area (Å²) in [6.07, 6.45) is -3.37. The first kappa shape index (κ1) is 19.6. The summed E-state index contributed by atoms with van der Waals surface area (Å²) in [5.74, 6) is -1.46. The number of nitrogens with one attached hydrogen (secondary N) is 2. The van der Waals surface area contributed by atoms with Crippen LogP contribution in [0.15, 0.2) is 65.7 Å². The lowest BCUT2D eigenvalue weighted by Gasteiger charge is -2.11. The van der Waals surface area contributed by atoms with Crippen LogP contribution in [0.3, 0.4) is 0 Å². The van der Waals surface area contributed by atoms with E-state index >= 15 is 0 Å². The molecule has 0 fully saturated rings. The van der Waals surface area contributed by atoms with Crippen molar-refractivity contribution in [1.82, 2.24) is 15.2 Å². The molecule has 28 heavy (non-hydrogen) atoms. The van der Waals surface area contributed by atoms with Gasteiger partial charge in [0.2, 0.25) is 0 Å². The number of pyridine rings is 1. The van der Waals surface area contributed by atoms with E-state index in [9.17, 15) is 26.4 Å². The van der Waals surface area contributed by atoms with Gasteiger partial charge in [-0.05, 0) is 36.4 Å². The molecule has 3 rings (SSSR count). The Hall–Kier alpha value is -3.18. The number of benzene rings is 2. The number of alkyl halides is 3. The smallest absolute Gasteiger partial charge is 0.406 e. The minimum atomic E-state index is -4.96. The van der Waals surface area contributed by atoms with Crippen LogP contribution in [0.25, 0.3) is 10.9 Å². The van der Waals surface area contributed by atoms with Crippen LogP contribution >= 0.6 is 0 Å². The van der Waals surface area contributed by atoms with Crippen LogP contribution in [-0.4, -0.2) is 25.7 Å². The fourth-order valence-corrected chi connectivity index (χ4v) is 3.17. The maximum atomic E-state index is 12.3. The molecule has 146 valence electrons. The number of nitrogens with zero attached hydrogens (tertiary/aromatic N) is 1. The summed E-state index contributed by atoms with van der Waals surface area (Å²) >= 11 is 0. The number of aromatic nitrogens is 1. The van der Waals surface area contributed by atoms with Crippen LogP contribution < -0.4 is 15.0 Å². The summed E-state index contributed by atoms with van der Waals surface area (Å²) in [5.41, 5.74) is 2.83. The number of amides is 1. The summed E-state index contributed by atoms with van der Waals surface area (Å²) in [5, 5.41) is 0.676. The largest absolute Gasteiger partial charge is 0.573 e. The molecule has 0 aliphatic carbocycles. The van der Waals surface area contributed by atoms with Gasteiger partial charge in [-0.3, -0.25) is 15.2 Å². The summed E-state index contributed by atoms with van der Waals surface area (Å²) < 4.78 is 65.0. The third-order valence-corrected chi connectivity index (χ3v) is 4.76. The minimum absolute atomic E-state index is 0.164. The molecule has 0 saturated heterocycles. The number of hydrogen-bond acceptors (Lipinski definition) is 5. The second kappa shape index (κ2) is 7.44. The van der Waals surface area contributed by atoms with Crippen molar-refractivity contribution in [2.24, 2.45) is 0 Å². The summed E-state index contributed by atoms with van der Waals surface area (Å²) in [4.78, 5) is 17.6. The molecule has 1 aromatic heterocycles. The quantitative estimate of drug-likeness (QED) is 0.630. The molecule has 0 atom stereocenters.